The maximum atomic E-state index is 11.5. The molecule has 1 aliphatic heterocycles. The van der Waals surface area contributed by atoms with Gasteiger partial charge in [-0.2, -0.15) is 0 Å². The molecule has 1 atom stereocenters. The van der Waals surface area contributed by atoms with Crippen molar-refractivity contribution in [2.45, 2.75) is 32.1 Å². The average molecular weight is 354 g/mol. The summed E-state index contributed by atoms with van der Waals surface area (Å²) in [6, 6.07) is 13.6. The molecule has 0 bridgehead atoms. The Hall–Kier alpha value is -2.40. The number of aliphatic hydroxyl groups is 1. The lowest BCUT2D eigenvalue weighted by atomic mass is 9.76. The minimum Gasteiger partial charge on any atom is -0.478 e. The first kappa shape index (κ1) is 18.4. The summed E-state index contributed by atoms with van der Waals surface area (Å²) in [5, 5.41) is 19.6. The zero-order valence-corrected chi connectivity index (χ0v) is 15.0. The van der Waals surface area contributed by atoms with Crippen LogP contribution in [0.1, 0.15) is 41.6 Å². The van der Waals surface area contributed by atoms with Gasteiger partial charge in [-0.3, -0.25) is 0 Å². The number of hydrogen-bond donors (Lipinski definition) is 2. The van der Waals surface area contributed by atoms with Crippen molar-refractivity contribution in [1.82, 2.24) is 4.98 Å². The van der Waals surface area contributed by atoms with E-state index >= 15 is 0 Å². The number of benzene rings is 1. The topological polar surface area (TPSA) is 73.7 Å². The molecular weight excluding hydrogens is 328 g/mol. The van der Waals surface area contributed by atoms with Crippen LogP contribution in [0.15, 0.2) is 48.7 Å². The Balaban J connectivity index is 1.69. The van der Waals surface area contributed by atoms with Gasteiger partial charge in [-0.15, -0.1) is 0 Å². The molecule has 1 aromatic heterocycles. The predicted octanol–water partition coefficient (Wildman–Crippen LogP) is 3.38. The highest BCUT2D eigenvalue weighted by Crippen LogP contribution is 2.37. The number of carboxylic acids is 1. The van der Waals surface area contributed by atoms with E-state index in [-0.39, 0.29) is 17.6 Å². The molecule has 26 heavy (non-hydrogen) atoms. The van der Waals surface area contributed by atoms with Gasteiger partial charge >= 0.3 is 5.97 Å². The van der Waals surface area contributed by atoms with Crippen molar-refractivity contribution in [3.63, 3.8) is 0 Å². The van der Waals surface area contributed by atoms with Crippen molar-refractivity contribution in [1.29, 1.82) is 0 Å². The Labute approximate surface area is 154 Å². The van der Waals surface area contributed by atoms with Gasteiger partial charge < -0.3 is 15.1 Å². The Morgan fingerprint density at radius 3 is 2.73 bits per heavy atom. The highest BCUT2D eigenvalue weighted by molar-refractivity contribution is 5.93. The first-order valence-electron chi connectivity index (χ1n) is 9.22. The monoisotopic (exact) mass is 354 g/mol. The minimum atomic E-state index is -0.961. The number of anilines is 1. The lowest BCUT2D eigenvalue weighted by Gasteiger charge is -2.43. The van der Waals surface area contributed by atoms with Crippen LogP contribution in [0, 0.1) is 5.41 Å². The van der Waals surface area contributed by atoms with Gasteiger partial charge in [-0.1, -0.05) is 30.3 Å². The molecule has 1 aromatic carbocycles. The van der Waals surface area contributed by atoms with Crippen LogP contribution in [-0.2, 0) is 6.42 Å². The fraction of sp³-hybridized carbons (Fsp3) is 0.429. The van der Waals surface area contributed by atoms with Crippen molar-refractivity contribution in [2.24, 2.45) is 5.41 Å². The first-order valence-corrected chi connectivity index (χ1v) is 9.22. The maximum Gasteiger partial charge on any atom is 0.339 e. The number of aliphatic hydroxyl groups excluding tert-OH is 1. The number of rotatable bonds is 7. The third-order valence-electron chi connectivity index (χ3n) is 5.33. The smallest absolute Gasteiger partial charge is 0.339 e. The van der Waals surface area contributed by atoms with Gasteiger partial charge in [0.05, 0.1) is 6.61 Å². The van der Waals surface area contributed by atoms with E-state index in [0.717, 1.165) is 38.6 Å². The molecule has 5 nitrogen and oxygen atoms in total. The molecule has 1 aliphatic rings. The quantitative estimate of drug-likeness (QED) is 0.797. The van der Waals surface area contributed by atoms with E-state index in [4.69, 9.17) is 0 Å². The lowest BCUT2D eigenvalue weighted by molar-refractivity contribution is 0.0695. The lowest BCUT2D eigenvalue weighted by Crippen LogP contribution is -2.46. The van der Waals surface area contributed by atoms with Crippen molar-refractivity contribution >= 4 is 11.8 Å². The number of nitrogens with zero attached hydrogens (tertiary/aromatic N) is 2. The molecule has 1 unspecified atom stereocenters. The SMILES string of the molecule is O=C(O)c1cccnc1N1CCCC(CO)(CCCc2ccccc2)C1. The second kappa shape index (κ2) is 8.32. The van der Waals surface area contributed by atoms with Crippen LogP contribution >= 0.6 is 0 Å². The summed E-state index contributed by atoms with van der Waals surface area (Å²) in [7, 11) is 0. The van der Waals surface area contributed by atoms with Crippen LogP contribution in [0.3, 0.4) is 0 Å². The summed E-state index contributed by atoms with van der Waals surface area (Å²) in [5.41, 5.74) is 1.34. The molecule has 1 saturated heterocycles. The fourth-order valence-electron chi connectivity index (χ4n) is 3.93. The molecule has 1 fully saturated rings. The molecule has 0 amide bonds. The third kappa shape index (κ3) is 4.22. The molecule has 2 N–H and O–H groups in total. The van der Waals surface area contributed by atoms with Crippen LogP contribution < -0.4 is 4.90 Å². The summed E-state index contributed by atoms with van der Waals surface area (Å²) in [4.78, 5) is 17.9. The molecule has 2 heterocycles. The van der Waals surface area contributed by atoms with Gasteiger partial charge in [0, 0.05) is 24.7 Å². The summed E-state index contributed by atoms with van der Waals surface area (Å²) < 4.78 is 0. The number of carboxylic acid groups (broad SMARTS) is 1. The van der Waals surface area contributed by atoms with Crippen molar-refractivity contribution in [2.75, 3.05) is 24.6 Å². The molecule has 0 spiro atoms. The van der Waals surface area contributed by atoms with Crippen LogP contribution in [0.4, 0.5) is 5.82 Å². The summed E-state index contributed by atoms with van der Waals surface area (Å²) in [5.74, 6) is -0.446. The van der Waals surface area contributed by atoms with Gasteiger partial charge in [-0.25, -0.2) is 9.78 Å². The largest absolute Gasteiger partial charge is 0.478 e. The van der Waals surface area contributed by atoms with Gasteiger partial charge in [0.15, 0.2) is 0 Å². The number of aromatic carboxylic acids is 1. The van der Waals surface area contributed by atoms with Gasteiger partial charge in [-0.05, 0) is 49.8 Å². The van der Waals surface area contributed by atoms with E-state index in [2.05, 4.69) is 17.1 Å². The number of pyridine rings is 1. The number of carbonyl (C=O) groups is 1. The van der Waals surface area contributed by atoms with E-state index < -0.39 is 5.97 Å². The zero-order valence-electron chi connectivity index (χ0n) is 15.0. The highest BCUT2D eigenvalue weighted by atomic mass is 16.4. The Morgan fingerprint density at radius 2 is 2.00 bits per heavy atom. The Kier molecular flexibility index (Phi) is 5.89. The average Bonchev–Trinajstić information content (AvgIpc) is 2.69. The number of hydrogen-bond acceptors (Lipinski definition) is 4. The molecule has 138 valence electrons. The van der Waals surface area contributed by atoms with Crippen molar-refractivity contribution in [3.05, 3.63) is 59.8 Å². The molecule has 2 aromatic rings. The summed E-state index contributed by atoms with van der Waals surface area (Å²) in [6.07, 6.45) is 6.45. The second-order valence-electron chi connectivity index (χ2n) is 7.20. The standard InChI is InChI=1S/C21H26N2O3/c24-16-21(11-4-9-17-7-2-1-3-8-17)12-6-14-23(15-21)19-18(20(25)26)10-5-13-22-19/h1-3,5,7-8,10,13,24H,4,6,9,11-12,14-16H2,(H,25,26). The van der Waals surface area contributed by atoms with E-state index in [1.807, 2.05) is 23.1 Å². The summed E-state index contributed by atoms with van der Waals surface area (Å²) in [6.45, 7) is 1.54. The first-order chi connectivity index (χ1) is 12.6. The fourth-order valence-corrected chi connectivity index (χ4v) is 3.93. The van der Waals surface area contributed by atoms with Gasteiger partial charge in [0.1, 0.15) is 11.4 Å². The van der Waals surface area contributed by atoms with E-state index in [9.17, 15) is 15.0 Å². The van der Waals surface area contributed by atoms with Gasteiger partial charge in [0.2, 0.25) is 0 Å². The predicted molar refractivity (Wildman–Crippen MR) is 102 cm³/mol. The Bertz CT molecular complexity index is 735. The molecule has 0 saturated carbocycles. The normalized spacial score (nSPS) is 20.1. The van der Waals surface area contributed by atoms with E-state index in [0.29, 0.717) is 12.4 Å². The molecule has 0 aliphatic carbocycles. The van der Waals surface area contributed by atoms with Crippen LogP contribution in [-0.4, -0.2) is 40.9 Å². The van der Waals surface area contributed by atoms with Crippen LogP contribution in [0.25, 0.3) is 0 Å². The van der Waals surface area contributed by atoms with Gasteiger partial charge in [0.25, 0.3) is 0 Å². The Morgan fingerprint density at radius 1 is 1.19 bits per heavy atom. The molecule has 5 heteroatoms. The number of aromatic nitrogens is 1. The second-order valence-corrected chi connectivity index (χ2v) is 7.20. The zero-order chi connectivity index (χ0) is 18.4. The minimum absolute atomic E-state index is 0.119. The van der Waals surface area contributed by atoms with Crippen molar-refractivity contribution < 1.29 is 15.0 Å². The third-order valence-corrected chi connectivity index (χ3v) is 5.33. The van der Waals surface area contributed by atoms with Crippen molar-refractivity contribution in [3.8, 4) is 0 Å². The summed E-state index contributed by atoms with van der Waals surface area (Å²) >= 11 is 0. The van der Waals surface area contributed by atoms with Crippen LogP contribution in [0.2, 0.25) is 0 Å². The molecule has 0 radical (unpaired) electrons. The van der Waals surface area contributed by atoms with E-state index in [1.165, 1.54) is 5.56 Å². The van der Waals surface area contributed by atoms with Crippen LogP contribution in [0.5, 0.6) is 0 Å². The number of aryl methyl sites for hydroxylation is 1. The van der Waals surface area contributed by atoms with E-state index in [1.54, 1.807) is 18.3 Å². The maximum absolute atomic E-state index is 11.5. The molecular formula is C21H26N2O3. The highest BCUT2D eigenvalue weighted by Gasteiger charge is 2.36. The number of piperidine rings is 1. The molecule has 3 rings (SSSR count).